The van der Waals surface area contributed by atoms with Crippen molar-refractivity contribution >= 4 is 39.1 Å². The standard InChI is InChI=1S/C33H42ClN3O4S/c1-24(2)22-35-33(39)31(21-27-10-7-6-8-11-27)36(23-28-15-17-29(34)18-16-28)32(38)12-9-19-37(42(5,40)41)30-20-25(3)13-14-26(30)4/h6-8,10-11,13-18,20,24,31H,9,12,19,21-23H2,1-5H3,(H,35,39)/t31-/m1/s1. The first-order valence-corrected chi connectivity index (χ1v) is 16.5. The van der Waals surface area contributed by atoms with Gasteiger partial charge in [-0.15, -0.1) is 0 Å². The van der Waals surface area contributed by atoms with Gasteiger partial charge in [-0.3, -0.25) is 13.9 Å². The van der Waals surface area contributed by atoms with E-state index >= 15 is 0 Å². The highest BCUT2D eigenvalue weighted by atomic mass is 35.5. The normalized spacial score (nSPS) is 12.2. The van der Waals surface area contributed by atoms with Gasteiger partial charge in [-0.25, -0.2) is 8.42 Å². The lowest BCUT2D eigenvalue weighted by atomic mass is 10.0. The van der Waals surface area contributed by atoms with E-state index in [1.165, 1.54) is 10.6 Å². The van der Waals surface area contributed by atoms with Crippen LogP contribution in [0.2, 0.25) is 5.02 Å². The number of carbonyl (C=O) groups excluding carboxylic acids is 2. The first kappa shape index (κ1) is 33.1. The van der Waals surface area contributed by atoms with Crippen molar-refractivity contribution in [1.29, 1.82) is 0 Å². The van der Waals surface area contributed by atoms with E-state index in [4.69, 9.17) is 11.6 Å². The van der Waals surface area contributed by atoms with Crippen molar-refractivity contribution in [3.63, 3.8) is 0 Å². The van der Waals surface area contributed by atoms with Gasteiger partial charge in [0.15, 0.2) is 0 Å². The van der Waals surface area contributed by atoms with Crippen LogP contribution in [-0.2, 0) is 32.6 Å². The minimum Gasteiger partial charge on any atom is -0.354 e. The molecule has 0 aliphatic rings. The molecule has 0 saturated heterocycles. The maximum absolute atomic E-state index is 13.9. The number of amides is 2. The van der Waals surface area contributed by atoms with Crippen LogP contribution in [0, 0.1) is 19.8 Å². The minimum atomic E-state index is -3.58. The van der Waals surface area contributed by atoms with Gasteiger partial charge in [0.1, 0.15) is 6.04 Å². The Morgan fingerprint density at radius 1 is 0.929 bits per heavy atom. The zero-order valence-electron chi connectivity index (χ0n) is 25.1. The summed E-state index contributed by atoms with van der Waals surface area (Å²) in [4.78, 5) is 29.1. The van der Waals surface area contributed by atoms with Crippen molar-refractivity contribution in [1.82, 2.24) is 10.2 Å². The lowest BCUT2D eigenvalue weighted by molar-refractivity contribution is -0.141. The molecule has 0 saturated carbocycles. The molecule has 226 valence electrons. The van der Waals surface area contributed by atoms with E-state index in [1.54, 1.807) is 17.0 Å². The van der Waals surface area contributed by atoms with Gasteiger partial charge >= 0.3 is 0 Å². The maximum Gasteiger partial charge on any atom is 0.243 e. The van der Waals surface area contributed by atoms with Gasteiger partial charge in [-0.1, -0.05) is 80.0 Å². The van der Waals surface area contributed by atoms with Crippen LogP contribution in [0.1, 0.15) is 48.9 Å². The molecule has 0 fully saturated rings. The van der Waals surface area contributed by atoms with Gasteiger partial charge < -0.3 is 10.2 Å². The number of hydrogen-bond donors (Lipinski definition) is 1. The van der Waals surface area contributed by atoms with Crippen LogP contribution in [0.15, 0.2) is 72.8 Å². The predicted octanol–water partition coefficient (Wildman–Crippen LogP) is 5.92. The lowest BCUT2D eigenvalue weighted by Gasteiger charge is -2.32. The third-order valence-corrected chi connectivity index (χ3v) is 8.44. The molecule has 3 aromatic carbocycles. The number of rotatable bonds is 14. The van der Waals surface area contributed by atoms with E-state index in [0.717, 1.165) is 22.3 Å². The molecule has 0 aliphatic carbocycles. The zero-order chi connectivity index (χ0) is 30.9. The Kier molecular flexibility index (Phi) is 12.0. The summed E-state index contributed by atoms with van der Waals surface area (Å²) in [6, 6.07) is 21.8. The molecule has 9 heteroatoms. The second kappa shape index (κ2) is 15.2. The molecular formula is C33H42ClN3O4S. The Bertz CT molecular complexity index is 1440. The number of aryl methyl sites for hydroxylation is 2. The third kappa shape index (κ3) is 9.88. The highest BCUT2D eigenvalue weighted by Gasteiger charge is 2.30. The van der Waals surface area contributed by atoms with E-state index in [9.17, 15) is 18.0 Å². The van der Waals surface area contributed by atoms with Gasteiger partial charge in [0.2, 0.25) is 21.8 Å². The fourth-order valence-electron chi connectivity index (χ4n) is 4.73. The van der Waals surface area contributed by atoms with Gasteiger partial charge in [-0.05, 0) is 66.6 Å². The van der Waals surface area contributed by atoms with Crippen LogP contribution in [0.25, 0.3) is 0 Å². The van der Waals surface area contributed by atoms with Crippen LogP contribution >= 0.6 is 11.6 Å². The topological polar surface area (TPSA) is 86.8 Å². The van der Waals surface area contributed by atoms with Crippen LogP contribution in [0.3, 0.4) is 0 Å². The summed E-state index contributed by atoms with van der Waals surface area (Å²) < 4.78 is 26.9. The highest BCUT2D eigenvalue weighted by molar-refractivity contribution is 7.92. The fourth-order valence-corrected chi connectivity index (χ4v) is 5.87. The van der Waals surface area contributed by atoms with E-state index in [-0.39, 0.29) is 37.2 Å². The summed E-state index contributed by atoms with van der Waals surface area (Å²) in [6.45, 7) is 8.68. The number of benzene rings is 3. The molecule has 42 heavy (non-hydrogen) atoms. The number of hydrogen-bond acceptors (Lipinski definition) is 4. The molecule has 2 amide bonds. The second-order valence-corrected chi connectivity index (χ2v) is 13.6. The zero-order valence-corrected chi connectivity index (χ0v) is 26.7. The summed E-state index contributed by atoms with van der Waals surface area (Å²) in [7, 11) is -3.58. The summed E-state index contributed by atoms with van der Waals surface area (Å²) in [6.07, 6.45) is 1.90. The smallest absolute Gasteiger partial charge is 0.243 e. The molecule has 0 aliphatic heterocycles. The third-order valence-electron chi connectivity index (χ3n) is 7.01. The number of nitrogens with zero attached hydrogens (tertiary/aromatic N) is 2. The Hall–Kier alpha value is -3.36. The van der Waals surface area contributed by atoms with E-state index in [2.05, 4.69) is 5.32 Å². The number of halogens is 1. The molecule has 0 aromatic heterocycles. The molecule has 3 aromatic rings. The fraction of sp³-hybridized carbons (Fsp3) is 0.394. The van der Waals surface area contributed by atoms with Crippen LogP contribution in [0.4, 0.5) is 5.69 Å². The SMILES string of the molecule is Cc1ccc(C)c(N(CCCC(=O)N(Cc2ccc(Cl)cc2)[C@H](Cc2ccccc2)C(=O)NCC(C)C)S(C)(=O)=O)c1. The van der Waals surface area contributed by atoms with Crippen molar-refractivity contribution in [2.45, 2.75) is 59.5 Å². The van der Waals surface area contributed by atoms with Gasteiger partial charge in [0, 0.05) is 37.5 Å². The van der Waals surface area contributed by atoms with E-state index < -0.39 is 16.1 Å². The number of sulfonamides is 1. The van der Waals surface area contributed by atoms with Gasteiger partial charge in [0.05, 0.1) is 11.9 Å². The molecule has 0 heterocycles. The summed E-state index contributed by atoms with van der Waals surface area (Å²) in [5.74, 6) is -0.193. The lowest BCUT2D eigenvalue weighted by Crippen LogP contribution is -2.51. The van der Waals surface area contributed by atoms with Crippen LogP contribution < -0.4 is 9.62 Å². The number of anilines is 1. The Morgan fingerprint density at radius 3 is 2.21 bits per heavy atom. The largest absolute Gasteiger partial charge is 0.354 e. The molecule has 0 spiro atoms. The molecule has 0 radical (unpaired) electrons. The van der Waals surface area contributed by atoms with Crippen molar-refractivity contribution < 1.29 is 18.0 Å². The van der Waals surface area contributed by atoms with Gasteiger partial charge in [-0.2, -0.15) is 0 Å². The summed E-state index contributed by atoms with van der Waals surface area (Å²) in [5, 5.41) is 3.60. The monoisotopic (exact) mass is 611 g/mol. The minimum absolute atomic E-state index is 0.0766. The molecule has 3 rings (SSSR count). The molecule has 0 bridgehead atoms. The Labute approximate surface area is 255 Å². The van der Waals surface area contributed by atoms with Gasteiger partial charge in [0.25, 0.3) is 0 Å². The van der Waals surface area contributed by atoms with Crippen molar-refractivity contribution in [2.75, 3.05) is 23.7 Å². The Balaban J connectivity index is 1.89. The van der Waals surface area contributed by atoms with Crippen molar-refractivity contribution in [3.8, 4) is 0 Å². The predicted molar refractivity (Wildman–Crippen MR) is 171 cm³/mol. The molecule has 1 atom stereocenters. The summed E-state index contributed by atoms with van der Waals surface area (Å²) >= 11 is 6.11. The van der Waals surface area contributed by atoms with Crippen LogP contribution in [-0.4, -0.2) is 50.5 Å². The highest BCUT2D eigenvalue weighted by Crippen LogP contribution is 2.25. The number of carbonyl (C=O) groups is 2. The average Bonchev–Trinajstić information content (AvgIpc) is 2.94. The molecule has 0 unspecified atom stereocenters. The Morgan fingerprint density at radius 2 is 1.60 bits per heavy atom. The molecule has 1 N–H and O–H groups in total. The van der Waals surface area contributed by atoms with E-state index in [0.29, 0.717) is 30.1 Å². The summed E-state index contributed by atoms with van der Waals surface area (Å²) in [5.41, 5.74) is 4.18. The van der Waals surface area contributed by atoms with E-state index in [1.807, 2.05) is 88.4 Å². The second-order valence-electron chi connectivity index (χ2n) is 11.2. The number of nitrogens with one attached hydrogen (secondary N) is 1. The maximum atomic E-state index is 13.9. The van der Waals surface area contributed by atoms with Crippen molar-refractivity contribution in [3.05, 3.63) is 100 Å². The average molecular weight is 612 g/mol. The molecule has 7 nitrogen and oxygen atoms in total. The first-order valence-electron chi connectivity index (χ1n) is 14.3. The van der Waals surface area contributed by atoms with Crippen molar-refractivity contribution in [2.24, 2.45) is 5.92 Å². The molecular weight excluding hydrogens is 570 g/mol. The van der Waals surface area contributed by atoms with Crippen LogP contribution in [0.5, 0.6) is 0 Å². The first-order chi connectivity index (χ1) is 19.8. The quantitative estimate of drug-likeness (QED) is 0.245.